The highest BCUT2D eigenvalue weighted by atomic mass is 16.4. The molecule has 0 radical (unpaired) electrons. The Labute approximate surface area is 147 Å². The smallest absolute Gasteiger partial charge is 0.339 e. The minimum Gasteiger partial charge on any atom is -0.507 e. The highest BCUT2D eigenvalue weighted by molar-refractivity contribution is 5.89. The predicted molar refractivity (Wildman–Crippen MR) is 96.5 cm³/mol. The van der Waals surface area contributed by atoms with E-state index < -0.39 is 0 Å². The average molecular weight is 344 g/mol. The van der Waals surface area contributed by atoms with E-state index in [-0.39, 0.29) is 5.63 Å². The minimum absolute atomic E-state index is 0.221. The quantitative estimate of drug-likeness (QED) is 0.650. The van der Waals surface area contributed by atoms with E-state index in [1.54, 1.807) is 4.90 Å². The van der Waals surface area contributed by atoms with Gasteiger partial charge < -0.3 is 19.3 Å². The number of piperazine rings is 1. The van der Waals surface area contributed by atoms with Crippen LogP contribution in [-0.4, -0.2) is 38.3 Å². The van der Waals surface area contributed by atoms with E-state index in [1.807, 2.05) is 13.0 Å². The Morgan fingerprint density at radius 2 is 1.80 bits per heavy atom. The van der Waals surface area contributed by atoms with Gasteiger partial charge in [0.25, 0.3) is 0 Å². The highest BCUT2D eigenvalue weighted by Gasteiger charge is 2.26. The first-order chi connectivity index (χ1) is 12.0. The van der Waals surface area contributed by atoms with Crippen molar-refractivity contribution < 1.29 is 19.3 Å². The number of quaternary nitrogens is 2. The molecule has 1 aliphatic carbocycles. The second kappa shape index (κ2) is 6.46. The Hall–Kier alpha value is -1.85. The zero-order chi connectivity index (χ0) is 17.6. The van der Waals surface area contributed by atoms with Crippen LogP contribution in [0.3, 0.4) is 0 Å². The number of rotatable bonds is 2. The van der Waals surface area contributed by atoms with Crippen LogP contribution in [0, 0.1) is 6.92 Å². The molecule has 0 unspecified atom stereocenters. The third-order valence-electron chi connectivity index (χ3n) is 6.05. The minimum atomic E-state index is -0.221. The summed E-state index contributed by atoms with van der Waals surface area (Å²) in [7, 11) is 2.24. The average Bonchev–Trinajstić information content (AvgIpc) is 2.60. The molecule has 134 valence electrons. The van der Waals surface area contributed by atoms with Gasteiger partial charge >= 0.3 is 5.63 Å². The summed E-state index contributed by atoms with van der Waals surface area (Å²) in [5, 5.41) is 11.9. The molecule has 5 nitrogen and oxygen atoms in total. The molecule has 25 heavy (non-hydrogen) atoms. The summed E-state index contributed by atoms with van der Waals surface area (Å²) in [5.41, 5.74) is 4.16. The van der Waals surface area contributed by atoms with Crippen LogP contribution in [0.25, 0.3) is 11.0 Å². The number of aryl methyl sites for hydroxylation is 2. The van der Waals surface area contributed by atoms with Crippen LogP contribution in [0.2, 0.25) is 0 Å². The number of phenols is 1. The van der Waals surface area contributed by atoms with Crippen LogP contribution in [0.1, 0.15) is 35.1 Å². The van der Waals surface area contributed by atoms with Crippen LogP contribution in [0.15, 0.2) is 15.3 Å². The van der Waals surface area contributed by atoms with Gasteiger partial charge in [0, 0.05) is 5.56 Å². The number of phenolic OH excluding ortho intramolecular Hbond substituents is 1. The van der Waals surface area contributed by atoms with Crippen LogP contribution >= 0.6 is 0 Å². The van der Waals surface area contributed by atoms with E-state index in [1.165, 1.54) is 18.0 Å². The topological polar surface area (TPSA) is 59.3 Å². The summed E-state index contributed by atoms with van der Waals surface area (Å²) in [5.74, 6) is 0.343. The molecule has 0 spiro atoms. The first kappa shape index (κ1) is 16.6. The molecule has 0 atom stereocenters. The molecule has 1 aliphatic heterocycles. The number of benzene rings is 1. The molecule has 1 aromatic carbocycles. The van der Waals surface area contributed by atoms with Crippen LogP contribution in [0.5, 0.6) is 5.75 Å². The molecule has 2 aromatic rings. The lowest BCUT2D eigenvalue weighted by Gasteiger charge is -2.28. The summed E-state index contributed by atoms with van der Waals surface area (Å²) in [6.45, 7) is 7.46. The van der Waals surface area contributed by atoms with Crippen molar-refractivity contribution in [3.8, 4) is 5.75 Å². The van der Waals surface area contributed by atoms with Crippen molar-refractivity contribution in [2.24, 2.45) is 0 Å². The first-order valence-electron chi connectivity index (χ1n) is 9.49. The zero-order valence-corrected chi connectivity index (χ0v) is 15.2. The number of aromatic hydroxyl groups is 1. The lowest BCUT2D eigenvalue weighted by atomic mass is 9.89. The third-order valence-corrected chi connectivity index (χ3v) is 6.05. The van der Waals surface area contributed by atoms with Crippen molar-refractivity contribution in [1.82, 2.24) is 0 Å². The van der Waals surface area contributed by atoms with E-state index in [0.717, 1.165) is 73.0 Å². The van der Waals surface area contributed by atoms with Crippen molar-refractivity contribution in [3.05, 3.63) is 38.7 Å². The van der Waals surface area contributed by atoms with Crippen LogP contribution in [-0.2, 0) is 19.4 Å². The maximum atomic E-state index is 12.3. The van der Waals surface area contributed by atoms with Crippen molar-refractivity contribution in [1.29, 1.82) is 0 Å². The molecule has 1 saturated heterocycles. The van der Waals surface area contributed by atoms with Gasteiger partial charge in [0.05, 0.1) is 18.0 Å². The fraction of sp³-hybridized carbons (Fsp3) is 0.550. The SMILES string of the molecule is Cc1cc2oc(=O)c3c(c2c(O)c1C[NH+]1CC[NH+](C)CC1)CCCC3. The molecule has 2 aliphatic rings. The summed E-state index contributed by atoms with van der Waals surface area (Å²) >= 11 is 0. The normalized spacial score (nSPS) is 23.6. The van der Waals surface area contributed by atoms with Gasteiger partial charge in [-0.05, 0) is 49.8 Å². The monoisotopic (exact) mass is 344 g/mol. The maximum Gasteiger partial charge on any atom is 0.339 e. The lowest BCUT2D eigenvalue weighted by Crippen LogP contribution is -3.26. The third kappa shape index (κ3) is 2.96. The molecule has 1 aromatic heterocycles. The molecule has 4 rings (SSSR count). The molecule has 0 amide bonds. The van der Waals surface area contributed by atoms with Gasteiger partial charge in [0.1, 0.15) is 44.1 Å². The van der Waals surface area contributed by atoms with Gasteiger partial charge in [-0.25, -0.2) is 4.79 Å². The first-order valence-corrected chi connectivity index (χ1v) is 9.49. The molecule has 2 heterocycles. The summed E-state index contributed by atoms with van der Waals surface area (Å²) in [4.78, 5) is 15.4. The van der Waals surface area contributed by atoms with Crippen molar-refractivity contribution in [3.63, 3.8) is 0 Å². The number of hydrogen-bond donors (Lipinski definition) is 3. The second-order valence-electron chi connectivity index (χ2n) is 7.83. The Morgan fingerprint density at radius 1 is 1.12 bits per heavy atom. The number of hydrogen-bond acceptors (Lipinski definition) is 3. The fourth-order valence-electron chi connectivity index (χ4n) is 4.43. The van der Waals surface area contributed by atoms with Crippen LogP contribution < -0.4 is 15.4 Å². The van der Waals surface area contributed by atoms with Crippen molar-refractivity contribution in [2.75, 3.05) is 33.2 Å². The Morgan fingerprint density at radius 3 is 2.52 bits per heavy atom. The van der Waals surface area contributed by atoms with Gasteiger partial charge in [0.2, 0.25) is 0 Å². The van der Waals surface area contributed by atoms with E-state index >= 15 is 0 Å². The number of fused-ring (bicyclic) bond motifs is 3. The maximum absolute atomic E-state index is 12.3. The molecule has 5 heteroatoms. The van der Waals surface area contributed by atoms with Crippen molar-refractivity contribution >= 4 is 11.0 Å². The van der Waals surface area contributed by atoms with E-state index in [2.05, 4.69) is 7.05 Å². The number of likely N-dealkylation sites (N-methyl/N-ethyl adjacent to an activating group) is 1. The molecule has 0 saturated carbocycles. The molecule has 0 bridgehead atoms. The zero-order valence-electron chi connectivity index (χ0n) is 15.2. The standard InChI is InChI=1S/C20H26N2O3/c1-13-11-17-18(14-5-3-4-6-15(14)20(24)25-17)19(23)16(13)12-22-9-7-21(2)8-10-22/h11,23H,3-10,12H2,1-2H3/p+2. The van der Waals surface area contributed by atoms with Crippen LogP contribution in [0.4, 0.5) is 0 Å². The molecule has 1 fully saturated rings. The van der Waals surface area contributed by atoms with Crippen molar-refractivity contribution in [2.45, 2.75) is 39.2 Å². The predicted octanol–water partition coefficient (Wildman–Crippen LogP) is -0.401. The largest absolute Gasteiger partial charge is 0.507 e. The lowest BCUT2D eigenvalue weighted by molar-refractivity contribution is -1.01. The highest BCUT2D eigenvalue weighted by Crippen LogP contribution is 2.36. The summed E-state index contributed by atoms with van der Waals surface area (Å²) in [6, 6.07) is 1.95. The van der Waals surface area contributed by atoms with Gasteiger partial charge in [-0.3, -0.25) is 0 Å². The van der Waals surface area contributed by atoms with E-state index in [9.17, 15) is 9.90 Å². The van der Waals surface area contributed by atoms with Gasteiger partial charge in [0.15, 0.2) is 0 Å². The van der Waals surface area contributed by atoms with Gasteiger partial charge in [-0.15, -0.1) is 0 Å². The molecule has 3 N–H and O–H groups in total. The number of nitrogens with one attached hydrogen (secondary N) is 2. The second-order valence-corrected chi connectivity index (χ2v) is 7.83. The molecular formula is C20H28N2O3+2. The summed E-state index contributed by atoms with van der Waals surface area (Å²) < 4.78 is 5.56. The molecular weight excluding hydrogens is 316 g/mol. The summed E-state index contributed by atoms with van der Waals surface area (Å²) in [6.07, 6.45) is 3.72. The Bertz CT molecular complexity index is 864. The Balaban J connectivity index is 1.80. The van der Waals surface area contributed by atoms with E-state index in [0.29, 0.717) is 11.3 Å². The van der Waals surface area contributed by atoms with Gasteiger partial charge in [-0.1, -0.05) is 0 Å². The fourth-order valence-corrected chi connectivity index (χ4v) is 4.43. The van der Waals surface area contributed by atoms with Gasteiger partial charge in [-0.2, -0.15) is 0 Å². The Kier molecular flexibility index (Phi) is 4.29. The van der Waals surface area contributed by atoms with E-state index in [4.69, 9.17) is 4.42 Å².